The summed E-state index contributed by atoms with van der Waals surface area (Å²) in [5.41, 5.74) is 2.32. The molecule has 21 heavy (non-hydrogen) atoms. The van der Waals surface area contributed by atoms with Crippen LogP contribution in [0, 0.1) is 0 Å². The van der Waals surface area contributed by atoms with Crippen LogP contribution in [0.15, 0.2) is 48.8 Å². The van der Waals surface area contributed by atoms with Gasteiger partial charge in [0.1, 0.15) is 0 Å². The van der Waals surface area contributed by atoms with Crippen molar-refractivity contribution in [1.29, 1.82) is 0 Å². The summed E-state index contributed by atoms with van der Waals surface area (Å²) < 4.78 is 4.79. The number of hydrogen-bond acceptors (Lipinski definition) is 3. The molecule has 0 atom stereocenters. The molecule has 0 aliphatic rings. The average molecular weight is 343 g/mol. The van der Waals surface area contributed by atoms with Crippen LogP contribution in [0.4, 0.5) is 0 Å². The van der Waals surface area contributed by atoms with E-state index in [1.54, 1.807) is 0 Å². The molecule has 0 unspecified atom stereocenters. The number of hydrogen-bond donors (Lipinski definition) is 0. The van der Waals surface area contributed by atoms with Crippen molar-refractivity contribution < 1.29 is 66.1 Å². The fraction of sp³-hybridized carbons (Fsp3) is 0.133. The number of nitrogens with one attached hydrogen (secondary N) is 2. The third-order valence-corrected chi connectivity index (χ3v) is 2.97. The predicted molar refractivity (Wildman–Crippen MR) is 86.2 cm³/mol. The fourth-order valence-corrected chi connectivity index (χ4v) is 2.14. The number of fused-ring (bicyclic) bond motifs is 3. The van der Waals surface area contributed by atoms with Crippen molar-refractivity contribution in [1.82, 2.24) is 0 Å². The van der Waals surface area contributed by atoms with Gasteiger partial charge in [0.05, 0.1) is 17.4 Å². The van der Waals surface area contributed by atoms with Gasteiger partial charge in [0.2, 0.25) is 0 Å². The van der Waals surface area contributed by atoms with Crippen LogP contribution < -0.4 is 61.4 Å². The molecule has 3 aromatic rings. The average Bonchev–Trinajstić information content (AvgIpc) is 2.48. The van der Waals surface area contributed by atoms with Crippen molar-refractivity contribution in [3.63, 3.8) is 0 Å². The van der Waals surface area contributed by atoms with Crippen molar-refractivity contribution in [2.24, 2.45) is 0 Å². The number of thiocarbonyl (C=S) groups is 1. The molecule has 0 amide bonds. The van der Waals surface area contributed by atoms with E-state index in [9.17, 15) is 0 Å². The van der Waals surface area contributed by atoms with Crippen LogP contribution in [0.2, 0.25) is 0 Å². The molecule has 0 radical (unpaired) electrons. The zero-order valence-corrected chi connectivity index (χ0v) is 16.8. The van der Waals surface area contributed by atoms with Gasteiger partial charge in [-0.15, -0.1) is 0 Å². The topological polar surface area (TPSA) is 37.5 Å². The zero-order chi connectivity index (χ0) is 14.4. The molecule has 2 heterocycles. The Bertz CT molecular complexity index is 682. The van der Waals surface area contributed by atoms with E-state index >= 15 is 0 Å². The molecule has 102 valence electrons. The van der Waals surface area contributed by atoms with Gasteiger partial charge in [-0.25, -0.2) is 9.97 Å². The van der Waals surface area contributed by atoms with Crippen LogP contribution in [-0.4, -0.2) is 11.0 Å². The van der Waals surface area contributed by atoms with Crippen molar-refractivity contribution in [2.45, 2.75) is 6.92 Å². The summed E-state index contributed by atoms with van der Waals surface area (Å²) in [5, 5.41) is 2.45. The summed E-state index contributed by atoms with van der Waals surface area (Å²) >= 11 is 8.77. The van der Waals surface area contributed by atoms with Crippen LogP contribution in [0.3, 0.4) is 0 Å². The SMILES string of the molecule is CCOC(=S)[S-].[K+].c1c[nH+]c2c(c1)ccc1ccc[nH+]c12. The Morgan fingerprint density at radius 2 is 1.52 bits per heavy atom. The third kappa shape index (κ3) is 5.48. The Hall–Kier alpha value is -0.214. The van der Waals surface area contributed by atoms with Gasteiger partial charge in [0.25, 0.3) is 11.0 Å². The van der Waals surface area contributed by atoms with Gasteiger partial charge in [0, 0.05) is 16.5 Å². The Morgan fingerprint density at radius 1 is 1.05 bits per heavy atom. The molecule has 3 nitrogen and oxygen atoms in total. The van der Waals surface area contributed by atoms with E-state index in [0.29, 0.717) is 6.61 Å². The summed E-state index contributed by atoms with van der Waals surface area (Å²) in [5.74, 6) is 0. The number of aromatic amines is 2. The van der Waals surface area contributed by atoms with Gasteiger partial charge < -0.3 is 29.6 Å². The van der Waals surface area contributed by atoms with E-state index in [4.69, 9.17) is 0 Å². The molecule has 0 spiro atoms. The number of ether oxygens (including phenoxy) is 1. The first-order chi connectivity index (χ1) is 9.72. The van der Waals surface area contributed by atoms with Gasteiger partial charge in [-0.3, -0.25) is 0 Å². The largest absolute Gasteiger partial charge is 1.00 e. The summed E-state index contributed by atoms with van der Waals surface area (Å²) in [7, 11) is 0. The molecule has 2 N–H and O–H groups in total. The van der Waals surface area contributed by atoms with Crippen molar-refractivity contribution >= 4 is 51.0 Å². The number of aromatic nitrogens is 2. The van der Waals surface area contributed by atoms with Crippen LogP contribution in [0.1, 0.15) is 6.92 Å². The molecule has 3 rings (SSSR count). The van der Waals surface area contributed by atoms with E-state index in [1.807, 2.05) is 31.5 Å². The van der Waals surface area contributed by atoms with Crippen molar-refractivity contribution in [3.05, 3.63) is 48.8 Å². The van der Waals surface area contributed by atoms with E-state index < -0.39 is 0 Å². The molecule has 6 heteroatoms. The second kappa shape index (κ2) is 9.73. The molecule has 0 aliphatic heterocycles. The van der Waals surface area contributed by atoms with E-state index in [1.165, 1.54) is 10.8 Å². The molecule has 0 bridgehead atoms. The smallest absolute Gasteiger partial charge is 0.514 e. The minimum Gasteiger partial charge on any atom is -0.514 e. The van der Waals surface area contributed by atoms with E-state index in [2.05, 4.69) is 63.8 Å². The first kappa shape index (κ1) is 18.8. The van der Waals surface area contributed by atoms with Crippen molar-refractivity contribution in [2.75, 3.05) is 6.61 Å². The fourth-order valence-electron chi connectivity index (χ4n) is 1.91. The first-order valence-corrected chi connectivity index (χ1v) is 7.07. The predicted octanol–water partition coefficient (Wildman–Crippen LogP) is -0.520. The second-order valence-electron chi connectivity index (χ2n) is 4.02. The molecule has 1 aromatic carbocycles. The van der Waals surface area contributed by atoms with E-state index in [-0.39, 0.29) is 55.8 Å². The number of pyridine rings is 2. The van der Waals surface area contributed by atoms with Crippen LogP contribution in [0.25, 0.3) is 21.8 Å². The summed E-state index contributed by atoms with van der Waals surface area (Å²) in [6.45, 7) is 2.43. The van der Waals surface area contributed by atoms with Crippen molar-refractivity contribution in [3.8, 4) is 0 Å². The Labute approximate surface area is 177 Å². The zero-order valence-electron chi connectivity index (χ0n) is 12.1. The molecule has 0 fully saturated rings. The standard InChI is InChI=1S/C12H8N2.C3H6OS2.K/c1-3-9-5-6-10-4-2-8-14-12(10)11(9)13-7-1;1-2-4-3(5)6;/h1-8H;2H2,1H3,(H,5,6);/q;;+1/p+1. The Kier molecular flexibility index (Phi) is 8.73. The van der Waals surface area contributed by atoms with Gasteiger partial charge in [0.15, 0.2) is 12.4 Å². The second-order valence-corrected chi connectivity index (χ2v) is 5.02. The summed E-state index contributed by atoms with van der Waals surface area (Å²) in [4.78, 5) is 6.53. The minimum absolute atomic E-state index is 0. The summed E-state index contributed by atoms with van der Waals surface area (Å²) in [6, 6.07) is 12.5. The van der Waals surface area contributed by atoms with Gasteiger partial charge in [-0.1, -0.05) is 0 Å². The summed E-state index contributed by atoms with van der Waals surface area (Å²) in [6.07, 6.45) is 3.89. The molecular weight excluding hydrogens is 327 g/mol. The molecule has 0 aliphatic carbocycles. The Morgan fingerprint density at radius 3 is 1.86 bits per heavy atom. The Balaban J connectivity index is 0.000000275. The van der Waals surface area contributed by atoms with Gasteiger partial charge in [-0.2, -0.15) is 0 Å². The van der Waals surface area contributed by atoms with Crippen LogP contribution >= 0.6 is 12.2 Å². The maximum atomic E-state index is 4.59. The maximum absolute atomic E-state index is 4.59. The first-order valence-electron chi connectivity index (χ1n) is 6.26. The molecule has 2 aromatic heterocycles. The van der Waals surface area contributed by atoms with Gasteiger partial charge >= 0.3 is 51.4 Å². The quantitative estimate of drug-likeness (QED) is 0.258. The monoisotopic (exact) mass is 342 g/mol. The molecule has 0 saturated carbocycles. The van der Waals surface area contributed by atoms with E-state index in [0.717, 1.165) is 11.0 Å². The van der Waals surface area contributed by atoms with Gasteiger partial charge in [-0.05, 0) is 31.2 Å². The maximum Gasteiger partial charge on any atom is 1.00 e. The van der Waals surface area contributed by atoms with Crippen LogP contribution in [-0.2, 0) is 17.4 Å². The van der Waals surface area contributed by atoms with Crippen LogP contribution in [0.5, 0.6) is 0 Å². The minimum atomic E-state index is 0. The number of H-pyrrole nitrogens is 2. The molecule has 0 saturated heterocycles. The molecular formula is C15H15KN2OS2+2. The normalized spacial score (nSPS) is 9.38. The number of rotatable bonds is 1. The number of benzene rings is 1. The third-order valence-electron chi connectivity index (χ3n) is 2.73.